The minimum atomic E-state index is 0.659. The number of rotatable bonds is 12. The Kier molecular flexibility index (Phi) is 11.6. The summed E-state index contributed by atoms with van der Waals surface area (Å²) in [5, 5.41) is 3.26. The number of ether oxygens (including phenoxy) is 1. The first-order chi connectivity index (χ1) is 8.24. The number of hydrogen-bond acceptors (Lipinski definition) is 2. The first kappa shape index (κ1) is 16.5. The number of nitrogens with one attached hydrogen (secondary N) is 1. The van der Waals surface area contributed by atoms with Gasteiger partial charge < -0.3 is 10.1 Å². The molecule has 0 fully saturated rings. The van der Waals surface area contributed by atoms with Gasteiger partial charge in [0.15, 0.2) is 0 Å². The fourth-order valence-corrected chi connectivity index (χ4v) is 1.91. The van der Waals surface area contributed by atoms with Gasteiger partial charge in [-0.2, -0.15) is 0 Å². The average Bonchev–Trinajstić information content (AvgIpc) is 2.33. The van der Waals surface area contributed by atoms with Crippen LogP contribution in [0, 0.1) is 5.92 Å². The zero-order valence-electron chi connectivity index (χ0n) is 12.1. The predicted octanol–water partition coefficient (Wildman–Crippen LogP) is 4.12. The second-order valence-corrected chi connectivity index (χ2v) is 4.84. The van der Waals surface area contributed by atoms with Gasteiger partial charge in [-0.05, 0) is 25.2 Å². The van der Waals surface area contributed by atoms with Crippen molar-refractivity contribution in [2.24, 2.45) is 5.92 Å². The summed E-state index contributed by atoms with van der Waals surface area (Å²) in [5.41, 5.74) is 1.01. The molecule has 0 aromatic heterocycles. The largest absolute Gasteiger partial charge is 0.387 e. The van der Waals surface area contributed by atoms with Gasteiger partial charge in [0.25, 0.3) is 0 Å². The molecule has 0 aliphatic heterocycles. The fourth-order valence-electron chi connectivity index (χ4n) is 1.91. The molecule has 0 bridgehead atoms. The molecule has 17 heavy (non-hydrogen) atoms. The summed E-state index contributed by atoms with van der Waals surface area (Å²) in [4.78, 5) is 0. The van der Waals surface area contributed by atoms with Crippen molar-refractivity contribution in [2.45, 2.75) is 59.3 Å². The molecule has 1 N–H and O–H groups in total. The van der Waals surface area contributed by atoms with E-state index in [0.29, 0.717) is 6.61 Å². The normalized spacial score (nSPS) is 12.4. The number of unbranched alkanes of at least 4 members (excludes halogenated alkanes) is 1. The van der Waals surface area contributed by atoms with Crippen LogP contribution in [0.3, 0.4) is 0 Å². The lowest BCUT2D eigenvalue weighted by atomic mass is 9.98. The Morgan fingerprint density at radius 2 is 1.88 bits per heavy atom. The third-order valence-electron chi connectivity index (χ3n) is 2.92. The monoisotopic (exact) mass is 241 g/mol. The number of hydrogen-bond donors (Lipinski definition) is 1. The Morgan fingerprint density at radius 3 is 2.47 bits per heavy atom. The fraction of sp³-hybridized carbons (Fsp3) is 0.867. The molecule has 1 atom stereocenters. The van der Waals surface area contributed by atoms with Gasteiger partial charge >= 0.3 is 0 Å². The predicted molar refractivity (Wildman–Crippen MR) is 76.2 cm³/mol. The van der Waals surface area contributed by atoms with Gasteiger partial charge in [0, 0.05) is 18.8 Å². The summed E-state index contributed by atoms with van der Waals surface area (Å²) in [6.07, 6.45) is 7.59. The Bertz CT molecular complexity index is 180. The zero-order valence-corrected chi connectivity index (χ0v) is 12.1. The summed E-state index contributed by atoms with van der Waals surface area (Å²) >= 11 is 0. The van der Waals surface area contributed by atoms with Crippen LogP contribution < -0.4 is 5.32 Å². The Balaban J connectivity index is 3.61. The standard InChI is InChI=1S/C15H31NO/c1-5-8-10-15(9-6-2)13-17-12-14(4)16-11-7-3/h15-16H,4-13H2,1-3H3. The molecule has 0 spiro atoms. The van der Waals surface area contributed by atoms with Gasteiger partial charge in [-0.1, -0.05) is 46.6 Å². The maximum Gasteiger partial charge on any atom is 0.0856 e. The van der Waals surface area contributed by atoms with Crippen molar-refractivity contribution in [3.8, 4) is 0 Å². The van der Waals surface area contributed by atoms with Gasteiger partial charge in [-0.15, -0.1) is 0 Å². The van der Waals surface area contributed by atoms with Crippen LogP contribution in [-0.2, 0) is 4.74 Å². The van der Waals surface area contributed by atoms with Crippen LogP contribution in [0.5, 0.6) is 0 Å². The van der Waals surface area contributed by atoms with Crippen LogP contribution in [0.1, 0.15) is 59.3 Å². The van der Waals surface area contributed by atoms with E-state index in [9.17, 15) is 0 Å². The van der Waals surface area contributed by atoms with E-state index < -0.39 is 0 Å². The Hall–Kier alpha value is -0.500. The van der Waals surface area contributed by atoms with Crippen LogP contribution in [0.2, 0.25) is 0 Å². The molecule has 0 rings (SSSR count). The van der Waals surface area contributed by atoms with E-state index >= 15 is 0 Å². The highest BCUT2D eigenvalue weighted by Gasteiger charge is 2.07. The van der Waals surface area contributed by atoms with Gasteiger partial charge in [0.1, 0.15) is 0 Å². The second-order valence-electron chi connectivity index (χ2n) is 4.84. The van der Waals surface area contributed by atoms with E-state index in [-0.39, 0.29) is 0 Å². The topological polar surface area (TPSA) is 21.3 Å². The van der Waals surface area contributed by atoms with Crippen LogP contribution in [0.4, 0.5) is 0 Å². The summed E-state index contributed by atoms with van der Waals surface area (Å²) < 4.78 is 5.74. The SMILES string of the molecule is C=C(COCC(CCC)CCCC)NCCC. The van der Waals surface area contributed by atoms with Gasteiger partial charge in [-0.3, -0.25) is 0 Å². The summed E-state index contributed by atoms with van der Waals surface area (Å²) in [7, 11) is 0. The van der Waals surface area contributed by atoms with Crippen molar-refractivity contribution in [3.63, 3.8) is 0 Å². The van der Waals surface area contributed by atoms with Crippen LogP contribution in [-0.4, -0.2) is 19.8 Å². The molecule has 0 aromatic carbocycles. The molecular formula is C15H31NO. The first-order valence-corrected chi connectivity index (χ1v) is 7.23. The summed E-state index contributed by atoms with van der Waals surface area (Å²) in [6, 6.07) is 0. The van der Waals surface area contributed by atoms with E-state index in [4.69, 9.17) is 4.74 Å². The van der Waals surface area contributed by atoms with Crippen LogP contribution >= 0.6 is 0 Å². The average molecular weight is 241 g/mol. The van der Waals surface area contributed by atoms with E-state index in [1.807, 2.05) is 0 Å². The lowest BCUT2D eigenvalue weighted by Crippen LogP contribution is -2.19. The summed E-state index contributed by atoms with van der Waals surface area (Å²) in [6.45, 7) is 13.2. The quantitative estimate of drug-likeness (QED) is 0.555. The Morgan fingerprint density at radius 1 is 1.12 bits per heavy atom. The van der Waals surface area contributed by atoms with E-state index in [2.05, 4.69) is 32.7 Å². The van der Waals surface area contributed by atoms with Crippen molar-refractivity contribution in [3.05, 3.63) is 12.3 Å². The molecule has 2 heteroatoms. The summed E-state index contributed by atoms with van der Waals surface area (Å²) in [5.74, 6) is 0.735. The van der Waals surface area contributed by atoms with Crippen molar-refractivity contribution in [1.29, 1.82) is 0 Å². The van der Waals surface area contributed by atoms with Crippen LogP contribution in [0.25, 0.3) is 0 Å². The molecule has 0 amide bonds. The molecule has 2 nitrogen and oxygen atoms in total. The smallest absolute Gasteiger partial charge is 0.0856 e. The van der Waals surface area contributed by atoms with Gasteiger partial charge in [0.2, 0.25) is 0 Å². The minimum Gasteiger partial charge on any atom is -0.387 e. The maximum absolute atomic E-state index is 5.74. The third-order valence-corrected chi connectivity index (χ3v) is 2.92. The lowest BCUT2D eigenvalue weighted by Gasteiger charge is -2.17. The maximum atomic E-state index is 5.74. The third kappa shape index (κ3) is 10.4. The van der Waals surface area contributed by atoms with Gasteiger partial charge in [-0.25, -0.2) is 0 Å². The van der Waals surface area contributed by atoms with E-state index in [0.717, 1.165) is 31.2 Å². The van der Waals surface area contributed by atoms with Crippen molar-refractivity contribution < 1.29 is 4.74 Å². The van der Waals surface area contributed by atoms with Gasteiger partial charge in [0.05, 0.1) is 6.61 Å². The second kappa shape index (κ2) is 12.0. The molecule has 0 saturated carbocycles. The lowest BCUT2D eigenvalue weighted by molar-refractivity contribution is 0.106. The highest BCUT2D eigenvalue weighted by molar-refractivity contribution is 4.90. The van der Waals surface area contributed by atoms with Crippen molar-refractivity contribution >= 4 is 0 Å². The molecule has 0 saturated heterocycles. The Labute approximate surface area is 108 Å². The molecule has 102 valence electrons. The first-order valence-electron chi connectivity index (χ1n) is 7.23. The zero-order chi connectivity index (χ0) is 12.9. The minimum absolute atomic E-state index is 0.659. The molecular weight excluding hydrogens is 210 g/mol. The van der Waals surface area contributed by atoms with Crippen molar-refractivity contribution in [1.82, 2.24) is 5.32 Å². The molecule has 0 heterocycles. The molecule has 0 aromatic rings. The highest BCUT2D eigenvalue weighted by Crippen LogP contribution is 2.15. The molecule has 0 aliphatic carbocycles. The van der Waals surface area contributed by atoms with Crippen LogP contribution in [0.15, 0.2) is 12.3 Å². The molecule has 1 unspecified atom stereocenters. The molecule has 0 aliphatic rings. The van der Waals surface area contributed by atoms with Crippen molar-refractivity contribution in [2.75, 3.05) is 19.8 Å². The molecule has 0 radical (unpaired) electrons. The van der Waals surface area contributed by atoms with E-state index in [1.54, 1.807) is 0 Å². The highest BCUT2D eigenvalue weighted by atomic mass is 16.5. The van der Waals surface area contributed by atoms with E-state index in [1.165, 1.54) is 32.1 Å².